The minimum Gasteiger partial charge on any atom is -0.325 e. The van der Waals surface area contributed by atoms with Crippen molar-refractivity contribution < 1.29 is 18.0 Å². The first-order valence-electron chi connectivity index (χ1n) is 7.79. The van der Waals surface area contributed by atoms with E-state index in [2.05, 4.69) is 10.4 Å². The fourth-order valence-electron chi connectivity index (χ4n) is 2.82. The van der Waals surface area contributed by atoms with Crippen LogP contribution in [0.25, 0.3) is 11.1 Å². The molecule has 1 N–H and O–H groups in total. The van der Waals surface area contributed by atoms with Crippen LogP contribution in [-0.2, 0) is 4.79 Å². The Bertz CT molecular complexity index is 873. The van der Waals surface area contributed by atoms with Crippen molar-refractivity contribution in [2.75, 3.05) is 18.9 Å². The van der Waals surface area contributed by atoms with Crippen molar-refractivity contribution in [3.8, 4) is 11.1 Å². The lowest BCUT2D eigenvalue weighted by atomic mass is 10.0. The molecule has 2 aromatic rings. The van der Waals surface area contributed by atoms with Crippen LogP contribution in [0.2, 0.25) is 5.02 Å². The van der Waals surface area contributed by atoms with E-state index in [0.717, 1.165) is 0 Å². The van der Waals surface area contributed by atoms with Gasteiger partial charge in [-0.25, -0.2) is 13.2 Å². The zero-order valence-corrected chi connectivity index (χ0v) is 14.5. The lowest BCUT2D eigenvalue weighted by Gasteiger charge is -2.16. The normalized spacial score (nSPS) is 16.8. The molecule has 0 bridgehead atoms. The van der Waals surface area contributed by atoms with Crippen molar-refractivity contribution >= 4 is 28.9 Å². The Kier molecular flexibility index (Phi) is 5.18. The first-order valence-corrected chi connectivity index (χ1v) is 8.17. The summed E-state index contributed by atoms with van der Waals surface area (Å²) in [7, 11) is 1.52. The van der Waals surface area contributed by atoms with Gasteiger partial charge in [0.2, 0.25) is 5.91 Å². The molecular weight excluding hydrogens is 367 g/mol. The van der Waals surface area contributed by atoms with Gasteiger partial charge in [0.1, 0.15) is 17.4 Å². The van der Waals surface area contributed by atoms with E-state index in [1.807, 2.05) is 0 Å². The number of halogens is 4. The van der Waals surface area contributed by atoms with Crippen molar-refractivity contribution in [1.29, 1.82) is 0 Å². The van der Waals surface area contributed by atoms with Crippen LogP contribution in [0.4, 0.5) is 18.9 Å². The molecule has 136 valence electrons. The van der Waals surface area contributed by atoms with E-state index >= 15 is 0 Å². The number of rotatable bonds is 4. The van der Waals surface area contributed by atoms with Gasteiger partial charge < -0.3 is 5.32 Å². The summed E-state index contributed by atoms with van der Waals surface area (Å²) in [6.45, 7) is 0.0548. The third kappa shape index (κ3) is 3.83. The Morgan fingerprint density at radius 3 is 2.77 bits per heavy atom. The Balaban J connectivity index is 1.91. The smallest absolute Gasteiger partial charge is 0.279 e. The number of carbonyl (C=O) groups excluding carboxylic acids is 1. The maximum atomic E-state index is 13.7. The predicted molar refractivity (Wildman–Crippen MR) is 95.0 cm³/mol. The van der Waals surface area contributed by atoms with Gasteiger partial charge >= 0.3 is 0 Å². The zero-order valence-electron chi connectivity index (χ0n) is 13.7. The molecule has 0 fully saturated rings. The molecule has 1 aliphatic heterocycles. The highest BCUT2D eigenvalue weighted by molar-refractivity contribution is 6.30. The molecule has 1 atom stereocenters. The van der Waals surface area contributed by atoms with Gasteiger partial charge in [-0.1, -0.05) is 23.7 Å². The largest absolute Gasteiger partial charge is 0.325 e. The van der Waals surface area contributed by atoms with Crippen molar-refractivity contribution in [2.24, 2.45) is 11.0 Å². The van der Waals surface area contributed by atoms with Crippen LogP contribution in [0.15, 0.2) is 47.6 Å². The lowest BCUT2D eigenvalue weighted by molar-refractivity contribution is -0.118. The highest BCUT2D eigenvalue weighted by Gasteiger charge is 2.36. The topological polar surface area (TPSA) is 44.7 Å². The standard InChI is InChI=1S/C18H15ClF3N3O/c1-25-9-14(16(24-25)17(21)22)18(26)23-15-6-5-12(20)8-13(15)10-3-2-4-11(19)7-10/h2-8,14,17H,9H2,1H3,(H,23,26). The van der Waals surface area contributed by atoms with E-state index in [4.69, 9.17) is 11.6 Å². The first kappa shape index (κ1) is 18.3. The quantitative estimate of drug-likeness (QED) is 0.859. The highest BCUT2D eigenvalue weighted by atomic mass is 35.5. The van der Waals surface area contributed by atoms with Gasteiger partial charge in [0.05, 0.1) is 6.54 Å². The van der Waals surface area contributed by atoms with Crippen molar-refractivity contribution in [3.63, 3.8) is 0 Å². The van der Waals surface area contributed by atoms with Gasteiger partial charge in [0.25, 0.3) is 6.43 Å². The van der Waals surface area contributed by atoms with E-state index in [1.54, 1.807) is 24.3 Å². The summed E-state index contributed by atoms with van der Waals surface area (Å²) >= 11 is 5.98. The van der Waals surface area contributed by atoms with E-state index in [-0.39, 0.29) is 6.54 Å². The summed E-state index contributed by atoms with van der Waals surface area (Å²) in [6.07, 6.45) is -2.82. The summed E-state index contributed by atoms with van der Waals surface area (Å²) < 4.78 is 39.9. The number of carbonyl (C=O) groups is 1. The van der Waals surface area contributed by atoms with E-state index < -0.39 is 29.8 Å². The summed E-state index contributed by atoms with van der Waals surface area (Å²) in [4.78, 5) is 12.5. The number of nitrogens with one attached hydrogen (secondary N) is 1. The van der Waals surface area contributed by atoms with Crippen LogP contribution >= 0.6 is 11.6 Å². The number of hydrogen-bond acceptors (Lipinski definition) is 3. The fourth-order valence-corrected chi connectivity index (χ4v) is 3.01. The highest BCUT2D eigenvalue weighted by Crippen LogP contribution is 2.31. The second-order valence-corrected chi connectivity index (χ2v) is 6.34. The number of amides is 1. The van der Waals surface area contributed by atoms with Crippen LogP contribution in [0.1, 0.15) is 0 Å². The second-order valence-electron chi connectivity index (χ2n) is 5.91. The fraction of sp³-hybridized carbons (Fsp3) is 0.222. The molecular formula is C18H15ClF3N3O. The Hall–Kier alpha value is -2.54. The molecule has 1 heterocycles. The molecule has 0 aliphatic carbocycles. The second kappa shape index (κ2) is 7.37. The SMILES string of the molecule is CN1CC(C(=O)Nc2ccc(F)cc2-c2cccc(Cl)c2)C(C(F)F)=N1. The number of nitrogens with zero attached hydrogens (tertiary/aromatic N) is 2. The summed E-state index contributed by atoms with van der Waals surface area (Å²) in [6, 6.07) is 10.5. The van der Waals surface area contributed by atoms with Gasteiger partial charge in [0.15, 0.2) is 0 Å². The molecule has 1 unspecified atom stereocenters. The van der Waals surface area contributed by atoms with Gasteiger partial charge in [-0.15, -0.1) is 0 Å². The molecule has 8 heteroatoms. The predicted octanol–water partition coefficient (Wildman–Crippen LogP) is 4.27. The van der Waals surface area contributed by atoms with E-state index in [1.165, 1.54) is 30.3 Å². The van der Waals surface area contributed by atoms with Crippen molar-refractivity contribution in [1.82, 2.24) is 5.01 Å². The minimum atomic E-state index is -2.82. The minimum absolute atomic E-state index is 0.0548. The van der Waals surface area contributed by atoms with Gasteiger partial charge in [-0.2, -0.15) is 5.10 Å². The zero-order chi connectivity index (χ0) is 18.8. The maximum Gasteiger partial charge on any atom is 0.279 e. The van der Waals surface area contributed by atoms with Crippen LogP contribution < -0.4 is 5.32 Å². The molecule has 3 rings (SSSR count). The van der Waals surface area contributed by atoms with Crippen molar-refractivity contribution in [2.45, 2.75) is 6.43 Å². The van der Waals surface area contributed by atoms with Gasteiger partial charge in [-0.05, 0) is 35.9 Å². The summed E-state index contributed by atoms with van der Waals surface area (Å²) in [5.41, 5.74) is 0.833. The lowest BCUT2D eigenvalue weighted by Crippen LogP contribution is -2.34. The maximum absolute atomic E-state index is 13.7. The summed E-state index contributed by atoms with van der Waals surface area (Å²) in [5, 5.41) is 8.07. The molecule has 4 nitrogen and oxygen atoms in total. The third-order valence-electron chi connectivity index (χ3n) is 4.01. The van der Waals surface area contributed by atoms with Gasteiger partial charge in [0, 0.05) is 23.3 Å². The average Bonchev–Trinajstić information content (AvgIpc) is 2.99. The molecule has 0 radical (unpaired) electrons. The van der Waals surface area contributed by atoms with Crippen LogP contribution in [0, 0.1) is 11.7 Å². The third-order valence-corrected chi connectivity index (χ3v) is 4.24. The van der Waals surface area contributed by atoms with Crippen LogP contribution in [0.5, 0.6) is 0 Å². The Labute approximate surface area is 153 Å². The van der Waals surface area contributed by atoms with Crippen molar-refractivity contribution in [3.05, 3.63) is 53.3 Å². The molecule has 1 amide bonds. The number of hydrogen-bond donors (Lipinski definition) is 1. The number of alkyl halides is 2. The molecule has 2 aromatic carbocycles. The first-order chi connectivity index (χ1) is 12.3. The molecule has 0 aromatic heterocycles. The Morgan fingerprint density at radius 1 is 1.31 bits per heavy atom. The van der Waals surface area contributed by atoms with Gasteiger partial charge in [-0.3, -0.25) is 9.80 Å². The molecule has 0 spiro atoms. The van der Waals surface area contributed by atoms with E-state index in [0.29, 0.717) is 21.8 Å². The number of benzene rings is 2. The molecule has 0 saturated carbocycles. The average molecular weight is 382 g/mol. The molecule has 1 aliphatic rings. The monoisotopic (exact) mass is 381 g/mol. The molecule has 26 heavy (non-hydrogen) atoms. The van der Waals surface area contributed by atoms with E-state index in [9.17, 15) is 18.0 Å². The summed E-state index contributed by atoms with van der Waals surface area (Å²) in [5.74, 6) is -2.19. The van der Waals surface area contributed by atoms with Crippen LogP contribution in [-0.4, -0.2) is 36.6 Å². The van der Waals surface area contributed by atoms with Crippen LogP contribution in [0.3, 0.4) is 0 Å². The Morgan fingerprint density at radius 2 is 2.08 bits per heavy atom. The molecule has 0 saturated heterocycles. The number of hydrazone groups is 1. The number of anilines is 1.